The van der Waals surface area contributed by atoms with Crippen LogP contribution in [0.1, 0.15) is 38.5 Å². The molecule has 1 unspecified atom stereocenters. The van der Waals surface area contributed by atoms with Gasteiger partial charge in [0.05, 0.1) is 0 Å². The molecule has 2 nitrogen and oxygen atoms in total. The molecule has 2 aliphatic rings. The van der Waals surface area contributed by atoms with Gasteiger partial charge < -0.3 is 10.5 Å². The molecule has 0 amide bonds. The van der Waals surface area contributed by atoms with Crippen LogP contribution >= 0.6 is 0 Å². The van der Waals surface area contributed by atoms with E-state index in [0.29, 0.717) is 6.04 Å². The SMILES string of the molecule is NC1C=C(CC2CCOCC2)CCC1. The molecule has 0 aromatic rings. The molecule has 80 valence electrons. The van der Waals surface area contributed by atoms with Crippen molar-refractivity contribution in [2.45, 2.75) is 44.6 Å². The second kappa shape index (κ2) is 4.94. The molecule has 1 fully saturated rings. The van der Waals surface area contributed by atoms with Crippen LogP contribution in [0.3, 0.4) is 0 Å². The Morgan fingerprint density at radius 1 is 1.29 bits per heavy atom. The summed E-state index contributed by atoms with van der Waals surface area (Å²) in [4.78, 5) is 0. The standard InChI is InChI=1S/C12H21NO/c13-12-3-1-2-11(9-12)8-10-4-6-14-7-5-10/h9-10,12H,1-8,13H2. The third kappa shape index (κ3) is 2.82. The Morgan fingerprint density at radius 2 is 2.07 bits per heavy atom. The zero-order valence-corrected chi connectivity index (χ0v) is 8.87. The monoisotopic (exact) mass is 195 g/mol. The van der Waals surface area contributed by atoms with Gasteiger partial charge in [-0.05, 0) is 44.4 Å². The van der Waals surface area contributed by atoms with Crippen molar-refractivity contribution < 1.29 is 4.74 Å². The van der Waals surface area contributed by atoms with Gasteiger partial charge in [-0.15, -0.1) is 0 Å². The third-order valence-electron chi connectivity index (χ3n) is 3.38. The Kier molecular flexibility index (Phi) is 3.60. The van der Waals surface area contributed by atoms with E-state index in [1.54, 1.807) is 5.57 Å². The van der Waals surface area contributed by atoms with Gasteiger partial charge in [-0.25, -0.2) is 0 Å². The van der Waals surface area contributed by atoms with E-state index in [1.807, 2.05) is 0 Å². The molecule has 1 saturated heterocycles. The van der Waals surface area contributed by atoms with Crippen LogP contribution in [-0.4, -0.2) is 19.3 Å². The average molecular weight is 195 g/mol. The molecular weight excluding hydrogens is 174 g/mol. The number of rotatable bonds is 2. The van der Waals surface area contributed by atoms with Crippen molar-refractivity contribution in [3.8, 4) is 0 Å². The number of ether oxygens (including phenoxy) is 1. The van der Waals surface area contributed by atoms with Gasteiger partial charge in [0.2, 0.25) is 0 Å². The van der Waals surface area contributed by atoms with E-state index in [0.717, 1.165) is 19.1 Å². The fourth-order valence-electron chi connectivity index (χ4n) is 2.53. The van der Waals surface area contributed by atoms with Gasteiger partial charge in [-0.3, -0.25) is 0 Å². The maximum Gasteiger partial charge on any atom is 0.0468 e. The fraction of sp³-hybridized carbons (Fsp3) is 0.833. The van der Waals surface area contributed by atoms with Gasteiger partial charge in [-0.2, -0.15) is 0 Å². The molecule has 1 aliphatic heterocycles. The molecule has 14 heavy (non-hydrogen) atoms. The van der Waals surface area contributed by atoms with Crippen molar-refractivity contribution in [3.05, 3.63) is 11.6 Å². The normalized spacial score (nSPS) is 30.1. The summed E-state index contributed by atoms with van der Waals surface area (Å²) >= 11 is 0. The molecule has 0 bridgehead atoms. The van der Waals surface area contributed by atoms with Gasteiger partial charge in [0.1, 0.15) is 0 Å². The molecule has 1 heterocycles. The highest BCUT2D eigenvalue weighted by Gasteiger charge is 2.17. The molecule has 1 atom stereocenters. The molecule has 0 aromatic heterocycles. The van der Waals surface area contributed by atoms with E-state index < -0.39 is 0 Å². The molecule has 2 N–H and O–H groups in total. The van der Waals surface area contributed by atoms with Crippen LogP contribution in [0.15, 0.2) is 11.6 Å². The Morgan fingerprint density at radius 3 is 2.79 bits per heavy atom. The average Bonchev–Trinajstić information content (AvgIpc) is 2.19. The van der Waals surface area contributed by atoms with Crippen LogP contribution in [0.2, 0.25) is 0 Å². The van der Waals surface area contributed by atoms with Crippen LogP contribution in [-0.2, 0) is 4.74 Å². The lowest BCUT2D eigenvalue weighted by Crippen LogP contribution is -2.22. The van der Waals surface area contributed by atoms with Crippen molar-refractivity contribution in [2.75, 3.05) is 13.2 Å². The van der Waals surface area contributed by atoms with Gasteiger partial charge in [0.15, 0.2) is 0 Å². The smallest absolute Gasteiger partial charge is 0.0468 e. The third-order valence-corrected chi connectivity index (χ3v) is 3.38. The highest BCUT2D eigenvalue weighted by molar-refractivity contribution is 5.10. The van der Waals surface area contributed by atoms with E-state index in [9.17, 15) is 0 Å². The minimum atomic E-state index is 0.332. The first kappa shape index (κ1) is 10.2. The Labute approximate surface area is 86.5 Å². The molecular formula is C12H21NO. The number of hydrogen-bond donors (Lipinski definition) is 1. The highest BCUT2D eigenvalue weighted by Crippen LogP contribution is 2.28. The summed E-state index contributed by atoms with van der Waals surface area (Å²) < 4.78 is 5.37. The Hall–Kier alpha value is -0.340. The molecule has 1 aliphatic carbocycles. The summed E-state index contributed by atoms with van der Waals surface area (Å²) in [6.07, 6.45) is 9.81. The van der Waals surface area contributed by atoms with Gasteiger partial charge in [0.25, 0.3) is 0 Å². The zero-order valence-electron chi connectivity index (χ0n) is 8.87. The quantitative estimate of drug-likeness (QED) is 0.686. The molecule has 2 heteroatoms. The van der Waals surface area contributed by atoms with E-state index in [-0.39, 0.29) is 0 Å². The number of nitrogens with two attached hydrogens (primary N) is 1. The van der Waals surface area contributed by atoms with Crippen molar-refractivity contribution in [2.24, 2.45) is 11.7 Å². The van der Waals surface area contributed by atoms with Crippen molar-refractivity contribution >= 4 is 0 Å². The summed E-state index contributed by atoms with van der Waals surface area (Å²) in [7, 11) is 0. The summed E-state index contributed by atoms with van der Waals surface area (Å²) in [5, 5.41) is 0. The second-order valence-electron chi connectivity index (χ2n) is 4.64. The van der Waals surface area contributed by atoms with Gasteiger partial charge >= 0.3 is 0 Å². The van der Waals surface area contributed by atoms with Crippen LogP contribution in [0, 0.1) is 5.92 Å². The lowest BCUT2D eigenvalue weighted by atomic mass is 9.86. The zero-order chi connectivity index (χ0) is 9.80. The van der Waals surface area contributed by atoms with E-state index >= 15 is 0 Å². The molecule has 0 radical (unpaired) electrons. The van der Waals surface area contributed by atoms with E-state index in [1.165, 1.54) is 38.5 Å². The van der Waals surface area contributed by atoms with Crippen LogP contribution in [0.25, 0.3) is 0 Å². The fourth-order valence-corrected chi connectivity index (χ4v) is 2.53. The first-order valence-corrected chi connectivity index (χ1v) is 5.87. The van der Waals surface area contributed by atoms with Crippen molar-refractivity contribution in [3.63, 3.8) is 0 Å². The van der Waals surface area contributed by atoms with Crippen LogP contribution in [0.4, 0.5) is 0 Å². The lowest BCUT2D eigenvalue weighted by molar-refractivity contribution is 0.0662. The van der Waals surface area contributed by atoms with Gasteiger partial charge in [-0.1, -0.05) is 11.6 Å². The minimum absolute atomic E-state index is 0.332. The van der Waals surface area contributed by atoms with Crippen LogP contribution < -0.4 is 5.73 Å². The maximum atomic E-state index is 5.93. The number of allylic oxidation sites excluding steroid dienone is 1. The second-order valence-corrected chi connectivity index (χ2v) is 4.64. The molecule has 0 aromatic carbocycles. The van der Waals surface area contributed by atoms with Crippen LogP contribution in [0.5, 0.6) is 0 Å². The first-order valence-electron chi connectivity index (χ1n) is 5.87. The summed E-state index contributed by atoms with van der Waals surface area (Å²) in [6.45, 7) is 1.92. The molecule has 0 spiro atoms. The molecule has 2 rings (SSSR count). The van der Waals surface area contributed by atoms with Crippen molar-refractivity contribution in [1.29, 1.82) is 0 Å². The number of hydrogen-bond acceptors (Lipinski definition) is 2. The van der Waals surface area contributed by atoms with Crippen molar-refractivity contribution in [1.82, 2.24) is 0 Å². The highest BCUT2D eigenvalue weighted by atomic mass is 16.5. The topological polar surface area (TPSA) is 35.2 Å². The predicted octanol–water partition coefficient (Wildman–Crippen LogP) is 2.24. The molecule has 0 saturated carbocycles. The summed E-state index contributed by atoms with van der Waals surface area (Å²) in [5.74, 6) is 0.861. The Balaban J connectivity index is 1.83. The summed E-state index contributed by atoms with van der Waals surface area (Å²) in [5.41, 5.74) is 7.54. The first-order chi connectivity index (χ1) is 6.84. The maximum absolute atomic E-state index is 5.93. The largest absolute Gasteiger partial charge is 0.381 e. The Bertz CT molecular complexity index is 206. The van der Waals surface area contributed by atoms with Gasteiger partial charge in [0, 0.05) is 19.3 Å². The minimum Gasteiger partial charge on any atom is -0.381 e. The lowest BCUT2D eigenvalue weighted by Gasteiger charge is -2.25. The summed E-state index contributed by atoms with van der Waals surface area (Å²) in [6, 6.07) is 0.332. The van der Waals surface area contributed by atoms with E-state index in [2.05, 4.69) is 6.08 Å². The van der Waals surface area contributed by atoms with E-state index in [4.69, 9.17) is 10.5 Å². The predicted molar refractivity (Wildman–Crippen MR) is 58.1 cm³/mol.